The lowest BCUT2D eigenvalue weighted by atomic mass is 10.7. The monoisotopic (exact) mass is 215 g/mol. The van der Waals surface area contributed by atoms with Crippen molar-refractivity contribution >= 4 is 21.6 Å². The number of halogens is 3. The van der Waals surface area contributed by atoms with E-state index >= 15 is 0 Å². The van der Waals surface area contributed by atoms with E-state index in [0.717, 1.165) is 12.4 Å². The molecule has 0 saturated heterocycles. The molecule has 0 fully saturated rings. The van der Waals surface area contributed by atoms with E-state index in [1.165, 1.54) is 12.1 Å². The van der Waals surface area contributed by atoms with Crippen LogP contribution < -0.4 is 0 Å². The number of alkyl halides is 3. The van der Waals surface area contributed by atoms with Crippen LogP contribution in [0.1, 0.15) is 0 Å². The Morgan fingerprint density at radius 3 is 2.00 bits per heavy atom. The zero-order chi connectivity index (χ0) is 9.41. The second-order valence-corrected chi connectivity index (χ2v) is 4.55. The van der Waals surface area contributed by atoms with Crippen molar-refractivity contribution in [2.45, 2.75) is 4.71 Å². The van der Waals surface area contributed by atoms with E-state index in [1.807, 2.05) is 0 Å². The molecule has 0 radical (unpaired) electrons. The molecule has 0 spiro atoms. The molecule has 1 rings (SSSR count). The van der Waals surface area contributed by atoms with Gasteiger partial charge in [-0.05, 0) is 23.7 Å². The molecule has 1 aromatic heterocycles. The minimum absolute atomic E-state index is 0.361. The normalized spacial score (nSPS) is 13.2. The minimum Gasteiger partial charge on any atom is -0.247 e. The third-order valence-corrected chi connectivity index (χ3v) is 3.12. The van der Waals surface area contributed by atoms with Crippen molar-refractivity contribution in [1.82, 2.24) is 3.97 Å². The minimum atomic E-state index is -4.78. The Morgan fingerprint density at radius 1 is 1.25 bits per heavy atom. The van der Waals surface area contributed by atoms with E-state index in [0.29, 0.717) is 3.97 Å². The van der Waals surface area contributed by atoms with Crippen LogP contribution in [-0.2, 0) is 10.0 Å². The van der Waals surface area contributed by atoms with Crippen molar-refractivity contribution in [2.24, 2.45) is 0 Å². The smallest absolute Gasteiger partial charge is 0.247 e. The van der Waals surface area contributed by atoms with E-state index in [2.05, 4.69) is 11.6 Å². The zero-order valence-corrected chi connectivity index (χ0v) is 7.19. The number of hydrogen-bond donors (Lipinski definition) is 0. The van der Waals surface area contributed by atoms with Crippen molar-refractivity contribution in [3.8, 4) is 0 Å². The quantitative estimate of drug-likeness (QED) is 0.701. The van der Waals surface area contributed by atoms with Gasteiger partial charge in [-0.25, -0.2) is 3.97 Å². The van der Waals surface area contributed by atoms with Crippen LogP contribution >= 0.6 is 11.6 Å². The third-order valence-electron chi connectivity index (χ3n) is 1.15. The number of nitrogens with zero attached hydrogens (tertiary/aromatic N) is 1. The van der Waals surface area contributed by atoms with Crippen LogP contribution in [0.3, 0.4) is 0 Å². The molecule has 68 valence electrons. The summed E-state index contributed by atoms with van der Waals surface area (Å²) in [4.78, 5) is 0. The molecule has 0 atom stereocenters. The van der Waals surface area contributed by atoms with Crippen molar-refractivity contribution < 1.29 is 17.2 Å². The summed E-state index contributed by atoms with van der Waals surface area (Å²) in [6.45, 7) is 0. The summed E-state index contributed by atoms with van der Waals surface area (Å²) in [7, 11) is -4.78. The average Bonchev–Trinajstić information content (AvgIpc) is 2.34. The summed E-state index contributed by atoms with van der Waals surface area (Å²) in [5.74, 6) is 0. The first-order valence-electron chi connectivity index (χ1n) is 2.80. The summed E-state index contributed by atoms with van der Waals surface area (Å²) in [5, 5.41) is 0. The topological polar surface area (TPSA) is 39.1 Å². The largest absolute Gasteiger partial charge is 0.442 e. The van der Waals surface area contributed by atoms with Crippen LogP contribution in [0.4, 0.5) is 8.78 Å². The van der Waals surface area contributed by atoms with Gasteiger partial charge in [0.2, 0.25) is 0 Å². The molecule has 0 amide bonds. The molecular weight excluding hydrogens is 212 g/mol. The molecule has 0 aliphatic carbocycles. The number of rotatable bonds is 2. The molecule has 1 aromatic rings. The van der Waals surface area contributed by atoms with Gasteiger partial charge in [-0.15, -0.1) is 0 Å². The molecule has 0 aromatic carbocycles. The van der Waals surface area contributed by atoms with Crippen molar-refractivity contribution in [3.63, 3.8) is 0 Å². The molecular formula is C5H4ClF2NO2S. The highest BCUT2D eigenvalue weighted by Crippen LogP contribution is 2.27. The predicted octanol–water partition coefficient (Wildman–Crippen LogP) is 1.46. The molecule has 0 aliphatic rings. The first-order chi connectivity index (χ1) is 5.36. The summed E-state index contributed by atoms with van der Waals surface area (Å²) in [6, 6.07) is 2.61. The number of aromatic nitrogens is 1. The molecule has 0 unspecified atom stereocenters. The fraction of sp³-hybridized carbons (Fsp3) is 0.200. The summed E-state index contributed by atoms with van der Waals surface area (Å²) < 4.78 is 42.1. The highest BCUT2D eigenvalue weighted by atomic mass is 35.5. The second-order valence-electron chi connectivity index (χ2n) is 1.96. The highest BCUT2D eigenvalue weighted by Gasteiger charge is 2.43. The average molecular weight is 216 g/mol. The van der Waals surface area contributed by atoms with Crippen LogP contribution in [0, 0.1) is 0 Å². The maximum absolute atomic E-state index is 12.2. The van der Waals surface area contributed by atoms with Crippen LogP contribution in [0.25, 0.3) is 0 Å². The van der Waals surface area contributed by atoms with Gasteiger partial charge >= 0.3 is 14.7 Å². The molecule has 0 saturated carbocycles. The molecule has 7 heteroatoms. The second kappa shape index (κ2) is 2.70. The summed E-state index contributed by atoms with van der Waals surface area (Å²) in [6.07, 6.45) is 1.96. The lowest BCUT2D eigenvalue weighted by molar-refractivity contribution is 0.185. The van der Waals surface area contributed by atoms with Gasteiger partial charge < -0.3 is 0 Å². The maximum atomic E-state index is 12.2. The van der Waals surface area contributed by atoms with E-state index in [1.54, 1.807) is 0 Å². The van der Waals surface area contributed by atoms with Gasteiger partial charge in [0.15, 0.2) is 0 Å². The molecule has 0 N–H and O–H groups in total. The Labute approximate surface area is 72.6 Å². The summed E-state index contributed by atoms with van der Waals surface area (Å²) >= 11 is 4.37. The standard InChI is InChI=1S/C5H4ClF2NO2S/c6-5(7,8)12(10,11)9-3-1-2-4-9/h1-4H. The SMILES string of the molecule is O=S(=O)(n1cccc1)C(F)(F)Cl. The Balaban J connectivity index is 3.22. The van der Waals surface area contributed by atoms with Crippen LogP contribution in [0.5, 0.6) is 0 Å². The fourth-order valence-corrected chi connectivity index (χ4v) is 1.54. The van der Waals surface area contributed by atoms with Crippen molar-refractivity contribution in [2.75, 3.05) is 0 Å². The Morgan fingerprint density at radius 2 is 1.67 bits per heavy atom. The zero-order valence-electron chi connectivity index (χ0n) is 5.62. The molecule has 3 nitrogen and oxygen atoms in total. The fourth-order valence-electron chi connectivity index (χ4n) is 0.598. The first-order valence-corrected chi connectivity index (χ1v) is 4.62. The predicted molar refractivity (Wildman–Crippen MR) is 39.5 cm³/mol. The lowest BCUT2D eigenvalue weighted by Gasteiger charge is -2.09. The van der Waals surface area contributed by atoms with Gasteiger partial charge in [0.25, 0.3) is 0 Å². The third kappa shape index (κ3) is 1.44. The van der Waals surface area contributed by atoms with E-state index in [9.17, 15) is 17.2 Å². The van der Waals surface area contributed by atoms with Gasteiger partial charge in [-0.3, -0.25) is 0 Å². The van der Waals surface area contributed by atoms with Gasteiger partial charge in [0.1, 0.15) is 0 Å². The van der Waals surface area contributed by atoms with Gasteiger partial charge in [0, 0.05) is 12.4 Å². The lowest BCUT2D eigenvalue weighted by Crippen LogP contribution is -2.27. The van der Waals surface area contributed by atoms with E-state index in [-0.39, 0.29) is 0 Å². The van der Waals surface area contributed by atoms with Crippen molar-refractivity contribution in [1.29, 1.82) is 0 Å². The van der Waals surface area contributed by atoms with Gasteiger partial charge in [-0.1, -0.05) is 0 Å². The van der Waals surface area contributed by atoms with Gasteiger partial charge in [-0.2, -0.15) is 17.2 Å². The van der Waals surface area contributed by atoms with E-state index in [4.69, 9.17) is 0 Å². The van der Waals surface area contributed by atoms with Crippen LogP contribution in [0.15, 0.2) is 24.5 Å². The van der Waals surface area contributed by atoms with Crippen LogP contribution in [0.2, 0.25) is 0 Å². The Hall–Kier alpha value is -0.620. The van der Waals surface area contributed by atoms with Crippen molar-refractivity contribution in [3.05, 3.63) is 24.5 Å². The molecule has 0 aliphatic heterocycles. The Kier molecular flexibility index (Phi) is 2.13. The highest BCUT2D eigenvalue weighted by molar-refractivity contribution is 7.92. The number of hydrogen-bond acceptors (Lipinski definition) is 2. The first kappa shape index (κ1) is 9.47. The van der Waals surface area contributed by atoms with Crippen LogP contribution in [-0.4, -0.2) is 17.1 Å². The molecule has 12 heavy (non-hydrogen) atoms. The summed E-state index contributed by atoms with van der Waals surface area (Å²) in [5.41, 5.74) is 0. The van der Waals surface area contributed by atoms with E-state index < -0.39 is 14.7 Å². The Bertz CT molecular complexity index is 353. The van der Waals surface area contributed by atoms with Gasteiger partial charge in [0.05, 0.1) is 0 Å². The molecule has 0 bridgehead atoms. The molecule has 1 heterocycles. The maximum Gasteiger partial charge on any atom is 0.442 e.